The van der Waals surface area contributed by atoms with Crippen molar-refractivity contribution in [2.75, 3.05) is 5.32 Å². The average Bonchev–Trinajstić information content (AvgIpc) is 3.12. The van der Waals surface area contributed by atoms with Crippen LogP contribution in [-0.2, 0) is 34.4 Å². The van der Waals surface area contributed by atoms with Gasteiger partial charge in [-0.1, -0.05) is 62.4 Å². The van der Waals surface area contributed by atoms with Crippen molar-refractivity contribution in [1.29, 1.82) is 0 Å². The summed E-state index contributed by atoms with van der Waals surface area (Å²) in [4.78, 5) is 29.1. The molecule has 1 aliphatic carbocycles. The molecule has 0 unspecified atom stereocenters. The van der Waals surface area contributed by atoms with Gasteiger partial charge in [-0.05, 0) is 42.9 Å². The van der Waals surface area contributed by atoms with Crippen LogP contribution in [0.2, 0.25) is 5.02 Å². The number of amides is 2. The van der Waals surface area contributed by atoms with Crippen molar-refractivity contribution in [1.82, 2.24) is 15.5 Å². The lowest BCUT2D eigenvalue weighted by Crippen LogP contribution is -2.45. The number of carbonyl (C=O) groups excluding carboxylic acids is 2. The molecule has 0 atom stereocenters. The molecule has 2 N–H and O–H groups in total. The summed E-state index contributed by atoms with van der Waals surface area (Å²) in [7, 11) is 0. The summed E-state index contributed by atoms with van der Waals surface area (Å²) in [6.45, 7) is 5.59. The van der Waals surface area contributed by atoms with Crippen LogP contribution >= 0.6 is 11.6 Å². The SMILES string of the molecule is CCc1ccc(Cl)c(CC)c1NC(=O)CCc1nc(C2(NC(C)=O)CCCCCC2)no1. The number of carbonyl (C=O) groups is 2. The molecule has 0 saturated heterocycles. The van der Waals surface area contributed by atoms with Gasteiger partial charge < -0.3 is 15.2 Å². The van der Waals surface area contributed by atoms with Crippen molar-refractivity contribution >= 4 is 29.1 Å². The van der Waals surface area contributed by atoms with E-state index < -0.39 is 5.54 Å². The zero-order valence-electron chi connectivity index (χ0n) is 19.2. The van der Waals surface area contributed by atoms with Crippen molar-refractivity contribution in [2.24, 2.45) is 0 Å². The Hall–Kier alpha value is -2.41. The van der Waals surface area contributed by atoms with Gasteiger partial charge in [-0.3, -0.25) is 9.59 Å². The van der Waals surface area contributed by atoms with Crippen molar-refractivity contribution < 1.29 is 14.1 Å². The van der Waals surface area contributed by atoms with E-state index in [1.54, 1.807) is 0 Å². The predicted molar refractivity (Wildman–Crippen MR) is 125 cm³/mol. The number of benzene rings is 1. The van der Waals surface area contributed by atoms with Crippen LogP contribution in [0.15, 0.2) is 16.7 Å². The first kappa shape index (κ1) is 24.2. The molecule has 1 aromatic carbocycles. The first-order valence-electron chi connectivity index (χ1n) is 11.6. The van der Waals surface area contributed by atoms with E-state index in [-0.39, 0.29) is 18.2 Å². The Morgan fingerprint density at radius 2 is 1.84 bits per heavy atom. The van der Waals surface area contributed by atoms with Crippen LogP contribution in [-0.4, -0.2) is 22.0 Å². The van der Waals surface area contributed by atoms with Gasteiger partial charge >= 0.3 is 0 Å². The minimum Gasteiger partial charge on any atom is -0.343 e. The average molecular weight is 461 g/mol. The van der Waals surface area contributed by atoms with Crippen molar-refractivity contribution in [3.8, 4) is 0 Å². The molecule has 0 radical (unpaired) electrons. The van der Waals surface area contributed by atoms with E-state index in [9.17, 15) is 9.59 Å². The minimum absolute atomic E-state index is 0.0994. The van der Waals surface area contributed by atoms with E-state index >= 15 is 0 Å². The monoisotopic (exact) mass is 460 g/mol. The van der Waals surface area contributed by atoms with E-state index in [1.165, 1.54) is 6.92 Å². The Morgan fingerprint density at radius 1 is 1.12 bits per heavy atom. The van der Waals surface area contributed by atoms with Gasteiger partial charge in [0.05, 0.1) is 0 Å². The summed E-state index contributed by atoms with van der Waals surface area (Å²) in [5.74, 6) is 0.697. The highest BCUT2D eigenvalue weighted by Gasteiger charge is 2.38. The maximum Gasteiger partial charge on any atom is 0.227 e. The van der Waals surface area contributed by atoms with Crippen LogP contribution < -0.4 is 10.6 Å². The number of aryl methyl sites for hydroxylation is 2. The number of nitrogens with zero attached hydrogens (tertiary/aromatic N) is 2. The zero-order valence-corrected chi connectivity index (χ0v) is 20.0. The first-order chi connectivity index (χ1) is 15.4. The van der Waals surface area contributed by atoms with Crippen molar-refractivity contribution in [2.45, 2.75) is 90.5 Å². The van der Waals surface area contributed by atoms with Gasteiger partial charge in [0.15, 0.2) is 5.82 Å². The van der Waals surface area contributed by atoms with Crippen LogP contribution in [0.4, 0.5) is 5.69 Å². The lowest BCUT2D eigenvalue weighted by molar-refractivity contribution is -0.121. The van der Waals surface area contributed by atoms with Gasteiger partial charge in [0.25, 0.3) is 0 Å². The number of rotatable bonds is 8. The first-order valence-corrected chi connectivity index (χ1v) is 12.0. The Bertz CT molecular complexity index is 949. The number of aromatic nitrogens is 2. The van der Waals surface area contributed by atoms with Gasteiger partial charge in [-0.15, -0.1) is 0 Å². The number of hydrogen-bond acceptors (Lipinski definition) is 5. The Labute approximate surface area is 194 Å². The van der Waals surface area contributed by atoms with E-state index in [4.69, 9.17) is 16.1 Å². The Kier molecular flexibility index (Phi) is 8.29. The highest BCUT2D eigenvalue weighted by Crippen LogP contribution is 2.35. The van der Waals surface area contributed by atoms with E-state index in [0.29, 0.717) is 23.2 Å². The summed E-state index contributed by atoms with van der Waals surface area (Å²) in [6.07, 6.45) is 7.95. The van der Waals surface area contributed by atoms with Gasteiger partial charge in [-0.25, -0.2) is 0 Å². The maximum absolute atomic E-state index is 12.7. The van der Waals surface area contributed by atoms with E-state index in [1.807, 2.05) is 19.1 Å². The number of halogens is 1. The second kappa shape index (κ2) is 10.9. The minimum atomic E-state index is -0.584. The third-order valence-corrected chi connectivity index (χ3v) is 6.53. The molecule has 32 heavy (non-hydrogen) atoms. The molecule has 1 heterocycles. The molecule has 0 bridgehead atoms. The predicted octanol–water partition coefficient (Wildman–Crippen LogP) is 5.10. The summed E-state index contributed by atoms with van der Waals surface area (Å²) in [6, 6.07) is 3.84. The normalized spacial score (nSPS) is 15.8. The molecule has 0 aliphatic heterocycles. The second-order valence-corrected chi connectivity index (χ2v) is 8.91. The molecule has 1 fully saturated rings. The van der Waals surface area contributed by atoms with E-state index in [0.717, 1.165) is 68.2 Å². The molecule has 8 heteroatoms. The van der Waals surface area contributed by atoms with Gasteiger partial charge in [-0.2, -0.15) is 4.98 Å². The molecule has 0 spiro atoms. The number of anilines is 1. The number of hydrogen-bond donors (Lipinski definition) is 2. The smallest absolute Gasteiger partial charge is 0.227 e. The lowest BCUT2D eigenvalue weighted by Gasteiger charge is -2.30. The van der Waals surface area contributed by atoms with Gasteiger partial charge in [0.2, 0.25) is 17.7 Å². The van der Waals surface area contributed by atoms with Crippen LogP contribution in [0.25, 0.3) is 0 Å². The molecule has 1 aliphatic rings. The quantitative estimate of drug-likeness (QED) is 0.534. The van der Waals surface area contributed by atoms with Crippen LogP contribution in [0.3, 0.4) is 0 Å². The molecule has 3 rings (SSSR count). The topological polar surface area (TPSA) is 97.1 Å². The highest BCUT2D eigenvalue weighted by atomic mass is 35.5. The fraction of sp³-hybridized carbons (Fsp3) is 0.583. The summed E-state index contributed by atoms with van der Waals surface area (Å²) < 4.78 is 5.46. The van der Waals surface area contributed by atoms with Gasteiger partial charge in [0, 0.05) is 30.5 Å². The molecule has 1 aromatic heterocycles. The fourth-order valence-electron chi connectivity index (χ4n) is 4.51. The molecule has 174 valence electrons. The zero-order chi connectivity index (χ0) is 23.1. The van der Waals surface area contributed by atoms with Crippen molar-refractivity contribution in [3.63, 3.8) is 0 Å². The molecule has 7 nitrogen and oxygen atoms in total. The number of nitrogens with one attached hydrogen (secondary N) is 2. The third kappa shape index (κ3) is 5.68. The Balaban J connectivity index is 1.69. The summed E-state index contributed by atoms with van der Waals surface area (Å²) in [5.41, 5.74) is 2.23. The van der Waals surface area contributed by atoms with E-state index in [2.05, 4.69) is 27.7 Å². The molecule has 2 aromatic rings. The second-order valence-electron chi connectivity index (χ2n) is 8.50. The molecular formula is C24H33ClN4O3. The van der Waals surface area contributed by atoms with Crippen molar-refractivity contribution in [3.05, 3.63) is 40.0 Å². The third-order valence-electron chi connectivity index (χ3n) is 6.18. The molecule has 2 amide bonds. The van der Waals surface area contributed by atoms with Crippen LogP contribution in [0, 0.1) is 0 Å². The van der Waals surface area contributed by atoms with Crippen LogP contribution in [0.5, 0.6) is 0 Å². The summed E-state index contributed by atoms with van der Waals surface area (Å²) in [5, 5.41) is 11.0. The van der Waals surface area contributed by atoms with Crippen LogP contribution in [0.1, 0.15) is 88.6 Å². The Morgan fingerprint density at radius 3 is 2.47 bits per heavy atom. The standard InChI is InChI=1S/C24H33ClN4O3/c1-4-17-10-11-19(25)18(5-2)22(17)26-20(31)12-13-21-27-23(29-32-21)24(28-16(3)30)14-8-6-7-9-15-24/h10-11H,4-9,12-15H2,1-3H3,(H,26,31)(H,28,30). The highest BCUT2D eigenvalue weighted by molar-refractivity contribution is 6.32. The molecular weight excluding hydrogens is 428 g/mol. The maximum atomic E-state index is 12.7. The largest absolute Gasteiger partial charge is 0.343 e. The summed E-state index contributed by atoms with van der Waals surface area (Å²) >= 11 is 6.34. The fourth-order valence-corrected chi connectivity index (χ4v) is 4.80. The lowest BCUT2D eigenvalue weighted by atomic mass is 9.89. The van der Waals surface area contributed by atoms with Gasteiger partial charge in [0.1, 0.15) is 5.54 Å². The molecule has 1 saturated carbocycles.